The van der Waals surface area contributed by atoms with Crippen molar-refractivity contribution in [2.45, 2.75) is 57.6 Å². The molecule has 0 spiro atoms. The number of aryl methyl sites for hydroxylation is 1. The standard InChI is InChI=1S/C29H34N4O6S/c1-5-22(3)30-29(35)23(4)31(19-24-11-9-10-21(2)18-24)28(34)20-32(25-14-16-26(17-15-25)33(36)37)40(38,39)27-12-7-6-8-13-27/h6-18,22-23H,5,19-20H2,1-4H3,(H,30,35)/t22-,23-/m0/s1. The van der Waals surface area contributed by atoms with Gasteiger partial charge in [-0.15, -0.1) is 0 Å². The number of sulfonamides is 1. The Balaban J connectivity index is 2.03. The highest BCUT2D eigenvalue weighted by Gasteiger charge is 2.33. The zero-order valence-electron chi connectivity index (χ0n) is 23.0. The van der Waals surface area contributed by atoms with Crippen molar-refractivity contribution in [1.82, 2.24) is 10.2 Å². The summed E-state index contributed by atoms with van der Waals surface area (Å²) in [5.41, 5.74) is 1.61. The minimum Gasteiger partial charge on any atom is -0.352 e. The molecule has 11 heteroatoms. The number of carbonyl (C=O) groups is 2. The highest BCUT2D eigenvalue weighted by atomic mass is 32.2. The van der Waals surface area contributed by atoms with Crippen LogP contribution in [0.25, 0.3) is 0 Å². The first-order valence-electron chi connectivity index (χ1n) is 12.9. The number of amides is 2. The first-order chi connectivity index (χ1) is 18.9. The second-order valence-corrected chi connectivity index (χ2v) is 11.5. The number of rotatable bonds is 12. The van der Waals surface area contributed by atoms with E-state index in [1.54, 1.807) is 25.1 Å². The van der Waals surface area contributed by atoms with Gasteiger partial charge in [-0.05, 0) is 57.0 Å². The van der Waals surface area contributed by atoms with E-state index in [2.05, 4.69) is 5.32 Å². The van der Waals surface area contributed by atoms with Gasteiger partial charge < -0.3 is 10.2 Å². The van der Waals surface area contributed by atoms with Crippen molar-refractivity contribution in [2.75, 3.05) is 10.8 Å². The van der Waals surface area contributed by atoms with Crippen LogP contribution in [0.5, 0.6) is 0 Å². The third-order valence-corrected chi connectivity index (χ3v) is 8.35. The van der Waals surface area contributed by atoms with Crippen LogP contribution in [0.15, 0.2) is 83.8 Å². The second-order valence-electron chi connectivity index (χ2n) is 9.60. The zero-order chi connectivity index (χ0) is 29.4. The number of nitrogens with zero attached hydrogens (tertiary/aromatic N) is 3. The molecule has 0 aliphatic rings. The van der Waals surface area contributed by atoms with E-state index in [-0.39, 0.29) is 34.8 Å². The Labute approximate surface area is 234 Å². The quantitative estimate of drug-likeness (QED) is 0.255. The molecule has 2 amide bonds. The van der Waals surface area contributed by atoms with Crippen LogP contribution in [0.1, 0.15) is 38.3 Å². The monoisotopic (exact) mass is 566 g/mol. The molecule has 0 aliphatic carbocycles. The topological polar surface area (TPSA) is 130 Å². The van der Waals surface area contributed by atoms with E-state index in [1.165, 1.54) is 41.3 Å². The van der Waals surface area contributed by atoms with Crippen LogP contribution < -0.4 is 9.62 Å². The van der Waals surface area contributed by atoms with Crippen LogP contribution in [0.3, 0.4) is 0 Å². The number of anilines is 1. The smallest absolute Gasteiger partial charge is 0.269 e. The summed E-state index contributed by atoms with van der Waals surface area (Å²) < 4.78 is 28.4. The second kappa shape index (κ2) is 13.2. The lowest BCUT2D eigenvalue weighted by Gasteiger charge is -2.32. The summed E-state index contributed by atoms with van der Waals surface area (Å²) in [7, 11) is -4.25. The van der Waals surface area contributed by atoms with Gasteiger partial charge in [-0.25, -0.2) is 8.42 Å². The van der Waals surface area contributed by atoms with Crippen molar-refractivity contribution < 1.29 is 22.9 Å². The van der Waals surface area contributed by atoms with Gasteiger partial charge in [-0.2, -0.15) is 0 Å². The predicted molar refractivity (Wildman–Crippen MR) is 153 cm³/mol. The maximum Gasteiger partial charge on any atom is 0.269 e. The minimum absolute atomic E-state index is 0.0473. The number of nitro groups is 1. The maximum absolute atomic E-state index is 13.9. The fourth-order valence-corrected chi connectivity index (χ4v) is 5.48. The molecule has 0 bridgehead atoms. The Kier molecular flexibility index (Phi) is 10.0. The molecule has 0 saturated heterocycles. The van der Waals surface area contributed by atoms with Crippen molar-refractivity contribution in [2.24, 2.45) is 0 Å². The predicted octanol–water partition coefficient (Wildman–Crippen LogP) is 4.43. The van der Waals surface area contributed by atoms with Crippen LogP contribution in [0.2, 0.25) is 0 Å². The van der Waals surface area contributed by atoms with Crippen LogP contribution in [0.4, 0.5) is 11.4 Å². The highest BCUT2D eigenvalue weighted by Crippen LogP contribution is 2.26. The molecular weight excluding hydrogens is 532 g/mol. The average molecular weight is 567 g/mol. The Morgan fingerprint density at radius 2 is 1.62 bits per heavy atom. The molecule has 1 N–H and O–H groups in total. The molecule has 3 rings (SSSR count). The van der Waals surface area contributed by atoms with Crippen molar-refractivity contribution >= 4 is 33.2 Å². The van der Waals surface area contributed by atoms with Crippen LogP contribution in [0, 0.1) is 17.0 Å². The lowest BCUT2D eigenvalue weighted by atomic mass is 10.1. The molecule has 0 radical (unpaired) electrons. The summed E-state index contributed by atoms with van der Waals surface area (Å²) in [5.74, 6) is -0.964. The Hall–Kier alpha value is -4.25. The van der Waals surface area contributed by atoms with Gasteiger partial charge >= 0.3 is 0 Å². The molecule has 0 unspecified atom stereocenters. The number of nitrogens with one attached hydrogen (secondary N) is 1. The largest absolute Gasteiger partial charge is 0.352 e. The molecule has 0 heterocycles. The third-order valence-electron chi connectivity index (χ3n) is 6.56. The minimum atomic E-state index is -4.25. The van der Waals surface area contributed by atoms with Crippen molar-refractivity contribution in [3.63, 3.8) is 0 Å². The molecule has 2 atom stereocenters. The molecule has 3 aromatic rings. The number of hydrogen-bond acceptors (Lipinski definition) is 6. The molecule has 212 valence electrons. The third kappa shape index (κ3) is 7.44. The van der Waals surface area contributed by atoms with Gasteiger partial charge in [-0.3, -0.25) is 24.0 Å². The Morgan fingerprint density at radius 3 is 2.20 bits per heavy atom. The van der Waals surface area contributed by atoms with E-state index in [4.69, 9.17) is 0 Å². The molecule has 0 aliphatic heterocycles. The van der Waals surface area contributed by atoms with E-state index in [1.807, 2.05) is 45.0 Å². The highest BCUT2D eigenvalue weighted by molar-refractivity contribution is 7.92. The number of non-ortho nitro benzene ring substituents is 1. The van der Waals surface area contributed by atoms with E-state index in [9.17, 15) is 28.1 Å². The first-order valence-corrected chi connectivity index (χ1v) is 14.4. The fraction of sp³-hybridized carbons (Fsp3) is 0.310. The van der Waals surface area contributed by atoms with Gasteiger partial charge in [0.1, 0.15) is 12.6 Å². The maximum atomic E-state index is 13.9. The van der Waals surface area contributed by atoms with Crippen LogP contribution in [-0.4, -0.2) is 48.7 Å². The van der Waals surface area contributed by atoms with Crippen molar-refractivity contribution in [3.8, 4) is 0 Å². The molecule has 40 heavy (non-hydrogen) atoms. The van der Waals surface area contributed by atoms with E-state index < -0.39 is 33.4 Å². The van der Waals surface area contributed by atoms with Crippen LogP contribution >= 0.6 is 0 Å². The lowest BCUT2D eigenvalue weighted by Crippen LogP contribution is -2.52. The number of benzene rings is 3. The Morgan fingerprint density at radius 1 is 0.975 bits per heavy atom. The first kappa shape index (κ1) is 30.3. The normalized spacial score (nSPS) is 12.7. The van der Waals surface area contributed by atoms with Gasteiger partial charge in [-0.1, -0.05) is 55.0 Å². The molecule has 0 aromatic heterocycles. The van der Waals surface area contributed by atoms with Crippen molar-refractivity contribution in [1.29, 1.82) is 0 Å². The average Bonchev–Trinajstić information content (AvgIpc) is 2.94. The molecular formula is C29H34N4O6S. The number of carbonyl (C=O) groups excluding carboxylic acids is 2. The summed E-state index contributed by atoms with van der Waals surface area (Å²) in [6.45, 7) is 6.77. The molecule has 10 nitrogen and oxygen atoms in total. The summed E-state index contributed by atoms with van der Waals surface area (Å²) >= 11 is 0. The van der Waals surface area contributed by atoms with E-state index in [0.29, 0.717) is 6.42 Å². The summed E-state index contributed by atoms with van der Waals surface area (Å²) in [6, 6.07) is 19.0. The summed E-state index contributed by atoms with van der Waals surface area (Å²) in [5, 5.41) is 14.1. The number of nitro benzene ring substituents is 1. The molecule has 3 aromatic carbocycles. The Bertz CT molecular complexity index is 1440. The van der Waals surface area contributed by atoms with Gasteiger partial charge in [0.05, 0.1) is 15.5 Å². The summed E-state index contributed by atoms with van der Waals surface area (Å²) in [4.78, 5) is 38.9. The zero-order valence-corrected chi connectivity index (χ0v) is 23.8. The molecule has 0 fully saturated rings. The van der Waals surface area contributed by atoms with Crippen molar-refractivity contribution in [3.05, 3.63) is 100 Å². The van der Waals surface area contributed by atoms with E-state index >= 15 is 0 Å². The van der Waals surface area contributed by atoms with E-state index in [0.717, 1.165) is 15.4 Å². The van der Waals surface area contributed by atoms with Gasteiger partial charge in [0.25, 0.3) is 15.7 Å². The van der Waals surface area contributed by atoms with Crippen LogP contribution in [-0.2, 0) is 26.2 Å². The fourth-order valence-electron chi connectivity index (χ4n) is 4.04. The summed E-state index contributed by atoms with van der Waals surface area (Å²) in [6.07, 6.45) is 0.702. The van der Waals surface area contributed by atoms with Gasteiger partial charge in [0.2, 0.25) is 11.8 Å². The number of hydrogen-bond donors (Lipinski definition) is 1. The lowest BCUT2D eigenvalue weighted by molar-refractivity contribution is -0.384. The SMILES string of the molecule is CC[C@H](C)NC(=O)[C@H](C)N(Cc1cccc(C)c1)C(=O)CN(c1ccc([N+](=O)[O-])cc1)S(=O)(=O)c1ccccc1. The van der Waals surface area contributed by atoms with Gasteiger partial charge in [0, 0.05) is 24.7 Å². The van der Waals surface area contributed by atoms with Gasteiger partial charge in [0.15, 0.2) is 0 Å². The molecule has 0 saturated carbocycles.